The number of hydrogen-bond acceptors (Lipinski definition) is 5. The number of nitrogens with zero attached hydrogens (tertiary/aromatic N) is 1. The highest BCUT2D eigenvalue weighted by Crippen LogP contribution is 2.52. The molecule has 1 aromatic rings. The van der Waals surface area contributed by atoms with Crippen LogP contribution in [0.3, 0.4) is 0 Å². The number of thioether (sulfide) groups is 1. The summed E-state index contributed by atoms with van der Waals surface area (Å²) in [7, 11) is 1.73. The van der Waals surface area contributed by atoms with Crippen LogP contribution in [0.2, 0.25) is 0 Å². The summed E-state index contributed by atoms with van der Waals surface area (Å²) >= 11 is 1.74. The first kappa shape index (κ1) is 22.5. The monoisotopic (exact) mass is 439 g/mol. The van der Waals surface area contributed by atoms with Crippen LogP contribution in [0.25, 0.3) is 5.70 Å². The Morgan fingerprint density at radius 2 is 2.13 bits per heavy atom. The summed E-state index contributed by atoms with van der Waals surface area (Å²) in [4.78, 5) is 19.2. The van der Waals surface area contributed by atoms with Crippen molar-refractivity contribution in [2.75, 3.05) is 32.7 Å². The average Bonchev–Trinajstić information content (AvgIpc) is 2.92. The smallest absolute Gasteiger partial charge is 0.162 e. The topological polar surface area (TPSA) is 47.9 Å². The molecule has 31 heavy (non-hydrogen) atoms. The van der Waals surface area contributed by atoms with Crippen LogP contribution >= 0.6 is 11.8 Å². The highest BCUT2D eigenvalue weighted by molar-refractivity contribution is 8.14. The second-order valence-electron chi connectivity index (χ2n) is 8.98. The molecule has 1 aromatic carbocycles. The third-order valence-electron chi connectivity index (χ3n) is 7.00. The molecule has 0 radical (unpaired) electrons. The standard InChI is InChI=1S/C26H33NO3S/c1-4-7-18(2)21-16-22(28)23-24(27-25(21)31-15-14-29-3)20-9-6-5-8-19(20)17-26(23)10-12-30-13-11-26/h4-6,8-9,18,21H,1,7,10-17H2,2-3H3. The molecule has 166 valence electrons. The summed E-state index contributed by atoms with van der Waals surface area (Å²) in [6.07, 6.45) is 6.05. The third kappa shape index (κ3) is 4.46. The molecule has 5 heteroatoms. The van der Waals surface area contributed by atoms with Crippen LogP contribution in [0.4, 0.5) is 0 Å². The van der Waals surface area contributed by atoms with Crippen LogP contribution in [-0.4, -0.2) is 43.5 Å². The molecule has 1 fully saturated rings. The molecule has 2 unspecified atom stereocenters. The van der Waals surface area contributed by atoms with E-state index in [0.717, 1.165) is 53.3 Å². The number of carbonyl (C=O) groups is 1. The Labute approximate surface area is 190 Å². The van der Waals surface area contributed by atoms with Crippen LogP contribution in [0, 0.1) is 17.3 Å². The summed E-state index contributed by atoms with van der Waals surface area (Å²) in [6.45, 7) is 8.24. The van der Waals surface area contributed by atoms with Crippen molar-refractivity contribution in [3.63, 3.8) is 0 Å². The van der Waals surface area contributed by atoms with Gasteiger partial charge >= 0.3 is 0 Å². The second-order valence-corrected chi connectivity index (χ2v) is 10.1. The van der Waals surface area contributed by atoms with Gasteiger partial charge < -0.3 is 9.47 Å². The molecule has 3 aliphatic rings. The predicted molar refractivity (Wildman–Crippen MR) is 128 cm³/mol. The predicted octanol–water partition coefficient (Wildman–Crippen LogP) is 5.33. The minimum Gasteiger partial charge on any atom is -0.384 e. The summed E-state index contributed by atoms with van der Waals surface area (Å²) in [6, 6.07) is 8.50. The summed E-state index contributed by atoms with van der Waals surface area (Å²) < 4.78 is 11.0. The van der Waals surface area contributed by atoms with Gasteiger partial charge in [0.25, 0.3) is 0 Å². The lowest BCUT2D eigenvalue weighted by atomic mass is 9.63. The third-order valence-corrected chi connectivity index (χ3v) is 8.07. The highest BCUT2D eigenvalue weighted by atomic mass is 32.2. The quantitative estimate of drug-likeness (QED) is 0.444. The van der Waals surface area contributed by atoms with Gasteiger partial charge in [-0.1, -0.05) is 37.3 Å². The van der Waals surface area contributed by atoms with Gasteiger partial charge in [-0.3, -0.25) is 4.79 Å². The zero-order valence-corrected chi connectivity index (χ0v) is 19.5. The van der Waals surface area contributed by atoms with Gasteiger partial charge in [-0.25, -0.2) is 4.99 Å². The van der Waals surface area contributed by atoms with Gasteiger partial charge in [0.1, 0.15) is 0 Å². The van der Waals surface area contributed by atoms with Crippen molar-refractivity contribution in [1.82, 2.24) is 0 Å². The molecule has 1 aliphatic carbocycles. The minimum absolute atomic E-state index is 0.113. The van der Waals surface area contributed by atoms with Crippen LogP contribution in [0.15, 0.2) is 47.5 Å². The second kappa shape index (κ2) is 9.85. The van der Waals surface area contributed by atoms with Crippen LogP contribution < -0.4 is 0 Å². The molecule has 1 saturated heterocycles. The fourth-order valence-corrected chi connectivity index (χ4v) is 6.44. The lowest BCUT2D eigenvalue weighted by molar-refractivity contribution is -0.118. The Bertz CT molecular complexity index is 898. The van der Waals surface area contributed by atoms with Gasteiger partial charge in [0.2, 0.25) is 0 Å². The number of aliphatic imine (C=N–C) groups is 1. The van der Waals surface area contributed by atoms with Crippen LogP contribution in [0.5, 0.6) is 0 Å². The average molecular weight is 440 g/mol. The van der Waals surface area contributed by atoms with Crippen molar-refractivity contribution in [3.05, 3.63) is 53.6 Å². The molecule has 0 aromatic heterocycles. The number of allylic oxidation sites excluding steroid dienone is 2. The Morgan fingerprint density at radius 3 is 2.87 bits per heavy atom. The van der Waals surface area contributed by atoms with Crippen molar-refractivity contribution in [1.29, 1.82) is 0 Å². The maximum atomic E-state index is 13.9. The SMILES string of the molecule is C=CCC(C)C1CC(=O)C2=C(N=C1SCCOC)c1ccccc1CC21CCOCC1. The lowest BCUT2D eigenvalue weighted by Crippen LogP contribution is -2.39. The molecule has 1 spiro atoms. The maximum absolute atomic E-state index is 13.9. The van der Waals surface area contributed by atoms with Crippen molar-refractivity contribution in [2.45, 2.75) is 39.0 Å². The Hall–Kier alpha value is -1.69. The number of ketones is 1. The van der Waals surface area contributed by atoms with Gasteiger partial charge in [-0.05, 0) is 37.2 Å². The van der Waals surface area contributed by atoms with Gasteiger partial charge in [0.05, 0.1) is 17.3 Å². The zero-order valence-electron chi connectivity index (χ0n) is 18.7. The summed E-state index contributed by atoms with van der Waals surface area (Å²) in [5, 5.41) is 1.07. The van der Waals surface area contributed by atoms with E-state index >= 15 is 0 Å². The van der Waals surface area contributed by atoms with Gasteiger partial charge in [0.15, 0.2) is 5.78 Å². The number of methoxy groups -OCH3 is 1. The van der Waals surface area contributed by atoms with E-state index < -0.39 is 0 Å². The van der Waals surface area contributed by atoms with Gasteiger partial charge in [-0.2, -0.15) is 0 Å². The minimum atomic E-state index is -0.151. The molecule has 0 N–H and O–H groups in total. The largest absolute Gasteiger partial charge is 0.384 e. The number of Topliss-reactive ketones (excluding diaryl/α,β-unsaturated/α-hetero) is 1. The van der Waals surface area contributed by atoms with Crippen molar-refractivity contribution in [3.8, 4) is 0 Å². The Balaban J connectivity index is 1.85. The van der Waals surface area contributed by atoms with E-state index in [1.807, 2.05) is 6.08 Å². The van der Waals surface area contributed by atoms with E-state index in [4.69, 9.17) is 14.5 Å². The van der Waals surface area contributed by atoms with Gasteiger partial charge in [0, 0.05) is 55.0 Å². The Kier molecular flexibility index (Phi) is 7.15. The number of carbonyl (C=O) groups excluding carboxylic acids is 1. The van der Waals surface area contributed by atoms with Crippen molar-refractivity contribution < 1.29 is 14.3 Å². The van der Waals surface area contributed by atoms with Crippen molar-refractivity contribution in [2.24, 2.45) is 22.2 Å². The van der Waals surface area contributed by atoms with E-state index in [9.17, 15) is 4.79 Å². The molecule has 4 rings (SSSR count). The first-order valence-electron chi connectivity index (χ1n) is 11.3. The summed E-state index contributed by atoms with van der Waals surface area (Å²) in [5.74, 6) is 1.54. The van der Waals surface area contributed by atoms with Crippen LogP contribution in [-0.2, 0) is 20.7 Å². The number of fused-ring (bicyclic) bond motifs is 3. The Morgan fingerprint density at radius 1 is 1.35 bits per heavy atom. The highest BCUT2D eigenvalue weighted by Gasteiger charge is 2.47. The van der Waals surface area contributed by atoms with E-state index in [-0.39, 0.29) is 17.1 Å². The van der Waals surface area contributed by atoms with E-state index in [1.165, 1.54) is 5.56 Å². The first-order valence-corrected chi connectivity index (χ1v) is 12.3. The molecule has 0 bridgehead atoms. The van der Waals surface area contributed by atoms with E-state index in [2.05, 4.69) is 37.8 Å². The molecule has 0 amide bonds. The maximum Gasteiger partial charge on any atom is 0.162 e. The molecule has 0 saturated carbocycles. The number of hydrogen-bond donors (Lipinski definition) is 0. The molecule has 2 aliphatic heterocycles. The van der Waals surface area contributed by atoms with Crippen molar-refractivity contribution >= 4 is 28.3 Å². The first-order chi connectivity index (χ1) is 15.1. The molecule has 2 heterocycles. The van der Waals surface area contributed by atoms with E-state index in [0.29, 0.717) is 32.2 Å². The lowest BCUT2D eigenvalue weighted by Gasteiger charge is -2.42. The number of rotatable bonds is 6. The molecule has 4 nitrogen and oxygen atoms in total. The fourth-order valence-electron chi connectivity index (χ4n) is 5.30. The normalized spacial score (nSPS) is 23.6. The van der Waals surface area contributed by atoms with Gasteiger partial charge in [-0.15, -0.1) is 18.3 Å². The fraction of sp³-hybridized carbons (Fsp3) is 0.538. The molecule has 2 atom stereocenters. The van der Waals surface area contributed by atoms with E-state index in [1.54, 1.807) is 18.9 Å². The zero-order chi connectivity index (χ0) is 21.8. The summed E-state index contributed by atoms with van der Waals surface area (Å²) in [5.41, 5.74) is 4.17. The number of benzene rings is 1. The molecular weight excluding hydrogens is 406 g/mol. The van der Waals surface area contributed by atoms with Crippen LogP contribution in [0.1, 0.15) is 43.7 Å². The molecular formula is C26H33NO3S. The number of ether oxygens (including phenoxy) is 2.